The molecule has 0 heterocycles. The maximum absolute atomic E-state index is 12.9. The summed E-state index contributed by atoms with van der Waals surface area (Å²) in [6, 6.07) is 26.1. The van der Waals surface area contributed by atoms with Gasteiger partial charge in [-0.1, -0.05) is 67.6 Å². The van der Waals surface area contributed by atoms with Gasteiger partial charge in [-0.3, -0.25) is 4.79 Å². The van der Waals surface area contributed by atoms with Crippen molar-refractivity contribution in [2.45, 2.75) is 38.1 Å². The number of carbonyl (C=O) groups excluding carboxylic acids is 1. The molecule has 1 saturated carbocycles. The van der Waals surface area contributed by atoms with E-state index >= 15 is 0 Å². The SMILES string of the molecule is Cc1cc(C[C@@H](CNC(=O)[C@@H]2C[C@]2(C)c2ccccc2)Nc2ccccc2)ccc1O.Cl. The number of anilines is 1. The number of para-hydroxylation sites is 1. The summed E-state index contributed by atoms with van der Waals surface area (Å²) in [5.41, 5.74) is 4.17. The van der Waals surface area contributed by atoms with E-state index in [0.29, 0.717) is 12.3 Å². The largest absolute Gasteiger partial charge is 0.508 e. The second-order valence-corrected chi connectivity index (χ2v) is 8.82. The molecule has 4 nitrogen and oxygen atoms in total. The van der Waals surface area contributed by atoms with Gasteiger partial charge in [-0.2, -0.15) is 0 Å². The van der Waals surface area contributed by atoms with Gasteiger partial charge in [-0.25, -0.2) is 0 Å². The van der Waals surface area contributed by atoms with Crippen LogP contribution in [0, 0.1) is 12.8 Å². The number of hydrogen-bond donors (Lipinski definition) is 3. The molecule has 0 radical (unpaired) electrons. The van der Waals surface area contributed by atoms with Crippen molar-refractivity contribution < 1.29 is 9.90 Å². The molecule has 1 aliphatic rings. The van der Waals surface area contributed by atoms with Crippen molar-refractivity contribution in [1.82, 2.24) is 5.32 Å². The van der Waals surface area contributed by atoms with E-state index < -0.39 is 0 Å². The molecule has 32 heavy (non-hydrogen) atoms. The molecule has 168 valence electrons. The van der Waals surface area contributed by atoms with Crippen LogP contribution in [0.25, 0.3) is 0 Å². The van der Waals surface area contributed by atoms with Gasteiger partial charge in [0.25, 0.3) is 0 Å². The van der Waals surface area contributed by atoms with E-state index in [1.165, 1.54) is 5.56 Å². The Bertz CT molecular complexity index is 1040. The topological polar surface area (TPSA) is 61.4 Å². The van der Waals surface area contributed by atoms with Crippen LogP contribution in [-0.2, 0) is 16.6 Å². The monoisotopic (exact) mass is 450 g/mol. The van der Waals surface area contributed by atoms with Crippen LogP contribution in [0.15, 0.2) is 78.9 Å². The lowest BCUT2D eigenvalue weighted by Crippen LogP contribution is -2.39. The number of amides is 1. The van der Waals surface area contributed by atoms with Crippen LogP contribution in [0.5, 0.6) is 5.75 Å². The lowest BCUT2D eigenvalue weighted by molar-refractivity contribution is -0.122. The second-order valence-electron chi connectivity index (χ2n) is 8.82. The second kappa shape index (κ2) is 10.1. The Morgan fingerprint density at radius 1 is 1.06 bits per heavy atom. The zero-order chi connectivity index (χ0) is 21.8. The van der Waals surface area contributed by atoms with Crippen molar-refractivity contribution in [2.75, 3.05) is 11.9 Å². The van der Waals surface area contributed by atoms with E-state index in [0.717, 1.165) is 29.7 Å². The Hall–Kier alpha value is -2.98. The van der Waals surface area contributed by atoms with Gasteiger partial charge in [-0.15, -0.1) is 12.4 Å². The van der Waals surface area contributed by atoms with Crippen molar-refractivity contribution >= 4 is 24.0 Å². The first kappa shape index (κ1) is 23.7. The number of nitrogens with one attached hydrogen (secondary N) is 2. The summed E-state index contributed by atoms with van der Waals surface area (Å²) in [6.45, 7) is 4.61. The molecule has 1 fully saturated rings. The summed E-state index contributed by atoms with van der Waals surface area (Å²) in [5.74, 6) is 0.440. The van der Waals surface area contributed by atoms with Crippen molar-refractivity contribution in [2.24, 2.45) is 5.92 Å². The van der Waals surface area contributed by atoms with Crippen LogP contribution >= 0.6 is 12.4 Å². The number of carbonyl (C=O) groups is 1. The Labute approximate surface area is 196 Å². The average molecular weight is 451 g/mol. The van der Waals surface area contributed by atoms with Gasteiger partial charge < -0.3 is 15.7 Å². The maximum atomic E-state index is 12.9. The molecular formula is C27H31ClN2O2. The summed E-state index contributed by atoms with van der Waals surface area (Å²) >= 11 is 0. The number of halogens is 1. The fourth-order valence-corrected chi connectivity index (χ4v) is 4.31. The Morgan fingerprint density at radius 3 is 2.38 bits per heavy atom. The predicted octanol–water partition coefficient (Wildman–Crippen LogP) is 5.24. The van der Waals surface area contributed by atoms with E-state index in [2.05, 4.69) is 29.7 Å². The van der Waals surface area contributed by atoms with Gasteiger partial charge in [0.1, 0.15) is 5.75 Å². The standard InChI is InChI=1S/C27H30N2O2.ClH/c1-19-15-20(13-14-25(19)30)16-23(29-22-11-7-4-8-12-22)18-28-26(31)24-17-27(24,2)21-9-5-3-6-10-21;/h3-15,23-24,29-30H,16-18H2,1-2H3,(H,28,31);1H/t23-,24-,27+;/m0./s1. The Balaban J connectivity index is 0.00000289. The summed E-state index contributed by atoms with van der Waals surface area (Å²) in [5, 5.41) is 16.6. The number of hydrogen-bond acceptors (Lipinski definition) is 3. The highest BCUT2D eigenvalue weighted by Gasteiger charge is 2.55. The number of benzene rings is 3. The van der Waals surface area contributed by atoms with Gasteiger partial charge >= 0.3 is 0 Å². The van der Waals surface area contributed by atoms with E-state index in [-0.39, 0.29) is 35.7 Å². The molecule has 0 aromatic heterocycles. The number of rotatable bonds is 8. The van der Waals surface area contributed by atoms with Crippen molar-refractivity contribution in [1.29, 1.82) is 0 Å². The highest BCUT2D eigenvalue weighted by atomic mass is 35.5. The molecule has 3 N–H and O–H groups in total. The number of phenolic OH excluding ortho intramolecular Hbond substituents is 1. The zero-order valence-electron chi connectivity index (χ0n) is 18.5. The van der Waals surface area contributed by atoms with E-state index in [1.54, 1.807) is 6.07 Å². The van der Waals surface area contributed by atoms with Gasteiger partial charge in [0, 0.05) is 29.6 Å². The molecule has 5 heteroatoms. The number of phenols is 1. The first-order valence-electron chi connectivity index (χ1n) is 10.9. The first-order chi connectivity index (χ1) is 15.0. The minimum Gasteiger partial charge on any atom is -0.508 e. The minimum absolute atomic E-state index is 0. The molecule has 0 saturated heterocycles. The molecule has 0 unspecified atom stereocenters. The van der Waals surface area contributed by atoms with Crippen molar-refractivity contribution in [3.05, 3.63) is 95.6 Å². The van der Waals surface area contributed by atoms with Crippen LogP contribution in [0.1, 0.15) is 30.0 Å². The van der Waals surface area contributed by atoms with Crippen LogP contribution < -0.4 is 10.6 Å². The third kappa shape index (κ3) is 5.43. The number of aromatic hydroxyl groups is 1. The van der Waals surface area contributed by atoms with Gasteiger partial charge in [0.15, 0.2) is 0 Å². The van der Waals surface area contributed by atoms with Crippen LogP contribution in [0.2, 0.25) is 0 Å². The molecule has 0 bridgehead atoms. The van der Waals surface area contributed by atoms with Crippen molar-refractivity contribution in [3.63, 3.8) is 0 Å². The molecule has 0 spiro atoms. The number of aryl methyl sites for hydroxylation is 1. The minimum atomic E-state index is -0.0677. The summed E-state index contributed by atoms with van der Waals surface area (Å²) < 4.78 is 0. The Kier molecular flexibility index (Phi) is 7.47. The fraction of sp³-hybridized carbons (Fsp3) is 0.296. The van der Waals surface area contributed by atoms with Crippen LogP contribution in [0.4, 0.5) is 5.69 Å². The average Bonchev–Trinajstić information content (AvgIpc) is 3.49. The third-order valence-corrected chi connectivity index (χ3v) is 6.40. The lowest BCUT2D eigenvalue weighted by Gasteiger charge is -2.21. The highest BCUT2D eigenvalue weighted by Crippen LogP contribution is 2.53. The molecule has 4 rings (SSSR count). The fourth-order valence-electron chi connectivity index (χ4n) is 4.31. The molecule has 3 aromatic carbocycles. The van der Waals surface area contributed by atoms with E-state index in [4.69, 9.17) is 0 Å². The predicted molar refractivity (Wildman–Crippen MR) is 133 cm³/mol. The quantitative estimate of drug-likeness (QED) is 0.439. The summed E-state index contributed by atoms with van der Waals surface area (Å²) in [7, 11) is 0. The highest BCUT2D eigenvalue weighted by molar-refractivity contribution is 5.85. The molecule has 3 aromatic rings. The van der Waals surface area contributed by atoms with Gasteiger partial charge in [0.05, 0.1) is 0 Å². The smallest absolute Gasteiger partial charge is 0.224 e. The normalized spacial score (nSPS) is 20.0. The third-order valence-electron chi connectivity index (χ3n) is 6.40. The van der Waals surface area contributed by atoms with Crippen LogP contribution in [0.3, 0.4) is 0 Å². The molecule has 0 aliphatic heterocycles. The molecule has 1 amide bonds. The van der Waals surface area contributed by atoms with Crippen LogP contribution in [-0.4, -0.2) is 23.6 Å². The Morgan fingerprint density at radius 2 is 1.72 bits per heavy atom. The molecule has 3 atom stereocenters. The zero-order valence-corrected chi connectivity index (χ0v) is 19.4. The van der Waals surface area contributed by atoms with Crippen molar-refractivity contribution in [3.8, 4) is 5.75 Å². The van der Waals surface area contributed by atoms with Gasteiger partial charge in [0.2, 0.25) is 5.91 Å². The maximum Gasteiger partial charge on any atom is 0.224 e. The lowest BCUT2D eigenvalue weighted by atomic mass is 9.95. The van der Waals surface area contributed by atoms with E-state index in [9.17, 15) is 9.90 Å². The molecular weight excluding hydrogens is 420 g/mol. The first-order valence-corrected chi connectivity index (χ1v) is 10.9. The van der Waals surface area contributed by atoms with Gasteiger partial charge in [-0.05, 0) is 54.7 Å². The van der Waals surface area contributed by atoms with E-state index in [1.807, 2.05) is 67.6 Å². The summed E-state index contributed by atoms with van der Waals surface area (Å²) in [4.78, 5) is 12.9. The summed E-state index contributed by atoms with van der Waals surface area (Å²) in [6.07, 6.45) is 1.63. The molecule has 1 aliphatic carbocycles.